The zero-order valence-corrected chi connectivity index (χ0v) is 7.40. The summed E-state index contributed by atoms with van der Waals surface area (Å²) in [7, 11) is 0. The molecule has 1 saturated heterocycles. The van der Waals surface area contributed by atoms with E-state index in [2.05, 4.69) is 0 Å². The number of halogens is 3. The van der Waals surface area contributed by atoms with Crippen LogP contribution in [0, 0.1) is 0 Å². The molecule has 0 saturated carbocycles. The molecule has 1 heterocycles. The summed E-state index contributed by atoms with van der Waals surface area (Å²) in [5.41, 5.74) is -0.768. The van der Waals surface area contributed by atoms with Crippen LogP contribution in [0.2, 0.25) is 0 Å². The lowest BCUT2D eigenvalue weighted by atomic mass is 10.0. The zero-order chi connectivity index (χ0) is 10.1. The van der Waals surface area contributed by atoms with Crippen molar-refractivity contribution in [1.29, 1.82) is 0 Å². The molecule has 0 aromatic rings. The summed E-state index contributed by atoms with van der Waals surface area (Å²) >= 11 is 0. The molecule has 2 atom stereocenters. The van der Waals surface area contributed by atoms with Gasteiger partial charge in [0.05, 0.1) is 24.7 Å². The Morgan fingerprint density at radius 2 is 2.15 bits per heavy atom. The van der Waals surface area contributed by atoms with Gasteiger partial charge >= 0.3 is 6.18 Å². The van der Waals surface area contributed by atoms with Gasteiger partial charge in [-0.2, -0.15) is 13.2 Å². The number of aliphatic hydroxyl groups excluding tert-OH is 1. The second-order valence-corrected chi connectivity index (χ2v) is 3.71. The summed E-state index contributed by atoms with van der Waals surface area (Å²) < 4.78 is 40.9. The summed E-state index contributed by atoms with van der Waals surface area (Å²) in [4.78, 5) is 0. The molecule has 13 heavy (non-hydrogen) atoms. The molecule has 1 fully saturated rings. The first-order chi connectivity index (χ1) is 5.85. The molecule has 0 bridgehead atoms. The number of ether oxygens (including phenoxy) is 1. The van der Waals surface area contributed by atoms with E-state index in [1.165, 1.54) is 0 Å². The molecule has 1 aliphatic heterocycles. The molecule has 0 aliphatic carbocycles. The third-order valence-electron chi connectivity index (χ3n) is 2.24. The Balaban J connectivity index is 2.42. The minimum atomic E-state index is -4.18. The molecule has 0 spiro atoms. The highest BCUT2D eigenvalue weighted by molar-refractivity contribution is 4.85. The van der Waals surface area contributed by atoms with E-state index in [1.807, 2.05) is 0 Å². The van der Waals surface area contributed by atoms with Crippen LogP contribution in [0.4, 0.5) is 13.2 Å². The molecular formula is C8H13F3O2. The quantitative estimate of drug-likeness (QED) is 0.733. The summed E-state index contributed by atoms with van der Waals surface area (Å²) in [6, 6.07) is 0. The van der Waals surface area contributed by atoms with Gasteiger partial charge in [-0.05, 0) is 19.8 Å². The molecule has 1 rings (SSSR count). The van der Waals surface area contributed by atoms with Gasteiger partial charge in [0.2, 0.25) is 0 Å². The second-order valence-electron chi connectivity index (χ2n) is 3.71. The van der Waals surface area contributed by atoms with Crippen molar-refractivity contribution in [2.75, 3.05) is 6.61 Å². The predicted molar refractivity (Wildman–Crippen MR) is 40.3 cm³/mol. The van der Waals surface area contributed by atoms with Crippen LogP contribution >= 0.6 is 0 Å². The lowest BCUT2D eigenvalue weighted by molar-refractivity contribution is -0.168. The third kappa shape index (κ3) is 3.15. The van der Waals surface area contributed by atoms with Gasteiger partial charge in [0.1, 0.15) is 0 Å². The van der Waals surface area contributed by atoms with Crippen LogP contribution in [0.5, 0.6) is 0 Å². The fraction of sp³-hybridized carbons (Fsp3) is 1.00. The molecule has 1 N–H and O–H groups in total. The number of hydrogen-bond acceptors (Lipinski definition) is 2. The summed E-state index contributed by atoms with van der Waals surface area (Å²) in [6.07, 6.45) is -5.01. The molecule has 1 aliphatic rings. The SMILES string of the molecule is CC1(CO)CCC(CC(F)(F)F)O1. The third-order valence-corrected chi connectivity index (χ3v) is 2.24. The van der Waals surface area contributed by atoms with E-state index in [1.54, 1.807) is 6.92 Å². The zero-order valence-electron chi connectivity index (χ0n) is 7.40. The molecule has 0 amide bonds. The van der Waals surface area contributed by atoms with Crippen molar-refractivity contribution >= 4 is 0 Å². The summed E-state index contributed by atoms with van der Waals surface area (Å²) in [6.45, 7) is 1.41. The van der Waals surface area contributed by atoms with Crippen LogP contribution in [0.3, 0.4) is 0 Å². The van der Waals surface area contributed by atoms with Crippen LogP contribution in [0.25, 0.3) is 0 Å². The first-order valence-corrected chi connectivity index (χ1v) is 4.20. The largest absolute Gasteiger partial charge is 0.393 e. The lowest BCUT2D eigenvalue weighted by Crippen LogP contribution is -2.30. The van der Waals surface area contributed by atoms with Crippen molar-refractivity contribution in [1.82, 2.24) is 0 Å². The van der Waals surface area contributed by atoms with Gasteiger partial charge in [0, 0.05) is 0 Å². The van der Waals surface area contributed by atoms with Crippen LogP contribution in [0.1, 0.15) is 26.2 Å². The lowest BCUT2D eigenvalue weighted by Gasteiger charge is -2.22. The predicted octanol–water partition coefficient (Wildman–Crippen LogP) is 1.87. The van der Waals surface area contributed by atoms with E-state index >= 15 is 0 Å². The van der Waals surface area contributed by atoms with Crippen LogP contribution in [0.15, 0.2) is 0 Å². The minimum Gasteiger partial charge on any atom is -0.393 e. The van der Waals surface area contributed by atoms with E-state index in [-0.39, 0.29) is 6.61 Å². The molecule has 5 heteroatoms. The average molecular weight is 198 g/mol. The van der Waals surface area contributed by atoms with Gasteiger partial charge in [-0.25, -0.2) is 0 Å². The van der Waals surface area contributed by atoms with Gasteiger partial charge in [-0.15, -0.1) is 0 Å². The summed E-state index contributed by atoms with van der Waals surface area (Å²) in [5.74, 6) is 0. The Morgan fingerprint density at radius 1 is 1.54 bits per heavy atom. The molecule has 2 unspecified atom stereocenters. The fourth-order valence-corrected chi connectivity index (χ4v) is 1.50. The molecule has 0 radical (unpaired) electrons. The highest BCUT2D eigenvalue weighted by atomic mass is 19.4. The van der Waals surface area contributed by atoms with Crippen molar-refractivity contribution in [3.8, 4) is 0 Å². The number of alkyl halides is 3. The Kier molecular flexibility index (Phi) is 2.87. The molecule has 0 aromatic carbocycles. The number of aliphatic hydroxyl groups is 1. The first-order valence-electron chi connectivity index (χ1n) is 4.20. The maximum absolute atomic E-state index is 11.9. The van der Waals surface area contributed by atoms with E-state index in [9.17, 15) is 13.2 Å². The summed E-state index contributed by atoms with van der Waals surface area (Å²) in [5, 5.41) is 8.84. The Bertz CT molecular complexity index is 181. The molecule has 0 aromatic heterocycles. The molecule has 2 nitrogen and oxygen atoms in total. The average Bonchev–Trinajstić information content (AvgIpc) is 2.30. The van der Waals surface area contributed by atoms with Gasteiger partial charge in [0.25, 0.3) is 0 Å². The van der Waals surface area contributed by atoms with Crippen molar-refractivity contribution in [3.05, 3.63) is 0 Å². The minimum absolute atomic E-state index is 0.221. The molecular weight excluding hydrogens is 185 g/mol. The second kappa shape index (κ2) is 3.46. The highest BCUT2D eigenvalue weighted by Crippen LogP contribution is 2.35. The van der Waals surface area contributed by atoms with E-state index in [0.717, 1.165) is 0 Å². The normalized spacial score (nSPS) is 35.3. The number of hydrogen-bond donors (Lipinski definition) is 1. The topological polar surface area (TPSA) is 29.5 Å². The van der Waals surface area contributed by atoms with E-state index in [0.29, 0.717) is 12.8 Å². The van der Waals surface area contributed by atoms with E-state index < -0.39 is 24.3 Å². The number of rotatable bonds is 2. The standard InChI is InChI=1S/C8H13F3O2/c1-7(5-12)3-2-6(13-7)4-8(9,10)11/h6,12H,2-5H2,1H3. The Labute approximate surface area is 74.7 Å². The van der Waals surface area contributed by atoms with Gasteiger partial charge in [-0.1, -0.05) is 0 Å². The maximum Gasteiger partial charge on any atom is 0.391 e. The van der Waals surface area contributed by atoms with Crippen molar-refractivity contribution < 1.29 is 23.0 Å². The van der Waals surface area contributed by atoms with Crippen LogP contribution in [-0.4, -0.2) is 29.6 Å². The fourth-order valence-electron chi connectivity index (χ4n) is 1.50. The maximum atomic E-state index is 11.9. The van der Waals surface area contributed by atoms with Crippen molar-refractivity contribution in [2.45, 2.75) is 44.1 Å². The van der Waals surface area contributed by atoms with Gasteiger partial charge in [-0.3, -0.25) is 0 Å². The van der Waals surface area contributed by atoms with Crippen LogP contribution < -0.4 is 0 Å². The van der Waals surface area contributed by atoms with Gasteiger partial charge < -0.3 is 9.84 Å². The molecule has 78 valence electrons. The highest BCUT2D eigenvalue weighted by Gasteiger charge is 2.41. The first kappa shape index (κ1) is 10.8. The van der Waals surface area contributed by atoms with Crippen molar-refractivity contribution in [2.24, 2.45) is 0 Å². The van der Waals surface area contributed by atoms with Gasteiger partial charge in [0.15, 0.2) is 0 Å². The monoisotopic (exact) mass is 198 g/mol. The Morgan fingerprint density at radius 3 is 2.54 bits per heavy atom. The van der Waals surface area contributed by atoms with Crippen LogP contribution in [-0.2, 0) is 4.74 Å². The van der Waals surface area contributed by atoms with Crippen molar-refractivity contribution in [3.63, 3.8) is 0 Å². The van der Waals surface area contributed by atoms with E-state index in [4.69, 9.17) is 9.84 Å². The Hall–Kier alpha value is -0.290. The smallest absolute Gasteiger partial charge is 0.391 e.